The number of amides is 1. The summed E-state index contributed by atoms with van der Waals surface area (Å²) in [6, 6.07) is 7.70. The quantitative estimate of drug-likeness (QED) is 0.924. The molecule has 2 rings (SSSR count). The van der Waals surface area contributed by atoms with Crippen LogP contribution in [0.4, 0.5) is 5.69 Å². The maximum atomic E-state index is 12.3. The van der Waals surface area contributed by atoms with Crippen molar-refractivity contribution in [3.05, 3.63) is 29.8 Å². The number of hydrogen-bond donors (Lipinski definition) is 1. The minimum absolute atomic E-state index is 0.207. The number of carbonyl (C=O) groups excluding carboxylic acids is 2. The zero-order valence-corrected chi connectivity index (χ0v) is 12.6. The summed E-state index contributed by atoms with van der Waals surface area (Å²) in [6.07, 6.45) is 2.90. The van der Waals surface area contributed by atoms with Gasteiger partial charge in [-0.25, -0.2) is 0 Å². The monoisotopic (exact) mass is 288 g/mol. The maximum absolute atomic E-state index is 12.3. The topological polar surface area (TPSA) is 69.2 Å². The third-order valence-corrected chi connectivity index (χ3v) is 4.25. The second kappa shape index (κ2) is 6.74. The Morgan fingerprint density at radius 1 is 1.10 bits per heavy atom. The van der Waals surface area contributed by atoms with Gasteiger partial charge in [-0.05, 0) is 36.5 Å². The summed E-state index contributed by atoms with van der Waals surface area (Å²) in [5, 5.41) is 14.0. The van der Waals surface area contributed by atoms with Gasteiger partial charge in [0.05, 0.1) is 0 Å². The Bertz CT molecular complexity index is 507. The zero-order valence-electron chi connectivity index (χ0n) is 12.6. The molecule has 0 spiro atoms. The van der Waals surface area contributed by atoms with Gasteiger partial charge in [-0.15, -0.1) is 0 Å². The van der Waals surface area contributed by atoms with Crippen molar-refractivity contribution < 1.29 is 14.7 Å². The molecule has 0 aliphatic heterocycles. The van der Waals surface area contributed by atoms with Crippen LogP contribution in [0, 0.1) is 11.8 Å². The molecule has 0 unspecified atom stereocenters. The molecule has 114 valence electrons. The Balaban J connectivity index is 2.04. The lowest BCUT2D eigenvalue weighted by molar-refractivity contribution is -0.313. The number of carboxylic acid groups (broad SMARTS) is 1. The highest BCUT2D eigenvalue weighted by molar-refractivity contribution is 5.95. The van der Waals surface area contributed by atoms with Crippen molar-refractivity contribution in [3.63, 3.8) is 0 Å². The van der Waals surface area contributed by atoms with Gasteiger partial charge in [0, 0.05) is 23.5 Å². The van der Waals surface area contributed by atoms with E-state index in [9.17, 15) is 14.7 Å². The first-order valence-electron chi connectivity index (χ1n) is 7.60. The molecule has 4 heteroatoms. The predicted molar refractivity (Wildman–Crippen MR) is 79.6 cm³/mol. The predicted octanol–water partition coefficient (Wildman–Crippen LogP) is 2.30. The first-order valence-corrected chi connectivity index (χ1v) is 7.60. The molecule has 2 atom stereocenters. The Hall–Kier alpha value is -1.84. The van der Waals surface area contributed by atoms with E-state index in [0.717, 1.165) is 12.8 Å². The molecule has 4 nitrogen and oxygen atoms in total. The third-order valence-electron chi connectivity index (χ3n) is 4.25. The molecule has 1 aliphatic carbocycles. The van der Waals surface area contributed by atoms with Crippen LogP contribution >= 0.6 is 0 Å². The van der Waals surface area contributed by atoms with Gasteiger partial charge >= 0.3 is 0 Å². The lowest BCUT2D eigenvalue weighted by Gasteiger charge is -2.31. The Kier molecular flexibility index (Phi) is 4.99. The van der Waals surface area contributed by atoms with Crippen LogP contribution in [0.1, 0.15) is 51.0 Å². The lowest BCUT2D eigenvalue weighted by atomic mass is 9.78. The van der Waals surface area contributed by atoms with E-state index in [0.29, 0.717) is 24.4 Å². The van der Waals surface area contributed by atoms with Gasteiger partial charge in [0.15, 0.2) is 0 Å². The van der Waals surface area contributed by atoms with E-state index in [-0.39, 0.29) is 5.91 Å². The standard InChI is InChI=1S/C17H23NO3/c1-11(2)12-7-9-13(10-8-12)18-16(19)14-5-3-4-6-15(14)17(20)21/h7-11,14-15H,3-6H2,1-2H3,(H,18,19)(H,20,21)/p-1/t14-,15-/m0/s1. The van der Waals surface area contributed by atoms with Gasteiger partial charge in [0.25, 0.3) is 0 Å². The molecule has 1 aromatic rings. The molecular weight excluding hydrogens is 266 g/mol. The van der Waals surface area contributed by atoms with Gasteiger partial charge < -0.3 is 15.2 Å². The maximum Gasteiger partial charge on any atom is 0.228 e. The summed E-state index contributed by atoms with van der Waals surface area (Å²) >= 11 is 0. The molecule has 1 fully saturated rings. The first-order chi connectivity index (χ1) is 9.99. The van der Waals surface area contributed by atoms with Gasteiger partial charge in [-0.1, -0.05) is 38.8 Å². The number of carboxylic acids is 1. The van der Waals surface area contributed by atoms with Crippen LogP contribution in [0.3, 0.4) is 0 Å². The average Bonchev–Trinajstić information content (AvgIpc) is 2.47. The fourth-order valence-electron chi connectivity index (χ4n) is 2.91. The number of aliphatic carboxylic acids is 1. The second-order valence-electron chi connectivity index (χ2n) is 6.08. The SMILES string of the molecule is CC(C)c1ccc(NC(=O)[C@H]2CCCC[C@@H]2C(=O)[O-])cc1. The Labute approximate surface area is 125 Å². The van der Waals surface area contributed by atoms with Crippen molar-refractivity contribution in [2.75, 3.05) is 5.32 Å². The smallest absolute Gasteiger partial charge is 0.228 e. The Morgan fingerprint density at radius 3 is 2.19 bits per heavy atom. The first kappa shape index (κ1) is 15.5. The van der Waals surface area contributed by atoms with E-state index in [2.05, 4.69) is 19.2 Å². The number of rotatable bonds is 4. The van der Waals surface area contributed by atoms with E-state index >= 15 is 0 Å². The Morgan fingerprint density at radius 2 is 1.67 bits per heavy atom. The number of carbonyl (C=O) groups is 2. The fourth-order valence-corrected chi connectivity index (χ4v) is 2.91. The molecule has 1 aliphatic rings. The van der Waals surface area contributed by atoms with Crippen molar-refractivity contribution >= 4 is 17.6 Å². The lowest BCUT2D eigenvalue weighted by Crippen LogP contribution is -2.42. The highest BCUT2D eigenvalue weighted by Gasteiger charge is 2.31. The number of anilines is 1. The van der Waals surface area contributed by atoms with Crippen LogP contribution < -0.4 is 10.4 Å². The van der Waals surface area contributed by atoms with E-state index in [1.807, 2.05) is 24.3 Å². The molecule has 0 radical (unpaired) electrons. The summed E-state index contributed by atoms with van der Waals surface area (Å²) in [7, 11) is 0. The van der Waals surface area contributed by atoms with Crippen LogP contribution in [0.15, 0.2) is 24.3 Å². The summed E-state index contributed by atoms with van der Waals surface area (Å²) in [6.45, 7) is 4.22. The number of hydrogen-bond acceptors (Lipinski definition) is 3. The van der Waals surface area contributed by atoms with Crippen molar-refractivity contribution in [3.8, 4) is 0 Å². The van der Waals surface area contributed by atoms with Crippen molar-refractivity contribution in [1.82, 2.24) is 0 Å². The van der Waals surface area contributed by atoms with Gasteiger partial charge in [0.1, 0.15) is 0 Å². The van der Waals surface area contributed by atoms with E-state index in [4.69, 9.17) is 0 Å². The van der Waals surface area contributed by atoms with E-state index in [1.165, 1.54) is 5.56 Å². The van der Waals surface area contributed by atoms with E-state index < -0.39 is 17.8 Å². The molecule has 21 heavy (non-hydrogen) atoms. The highest BCUT2D eigenvalue weighted by Crippen LogP contribution is 2.30. The largest absolute Gasteiger partial charge is 0.550 e. The molecule has 1 amide bonds. The van der Waals surface area contributed by atoms with Crippen LogP contribution in [-0.2, 0) is 9.59 Å². The highest BCUT2D eigenvalue weighted by atomic mass is 16.4. The van der Waals surface area contributed by atoms with Crippen molar-refractivity contribution in [1.29, 1.82) is 0 Å². The molecule has 0 bridgehead atoms. The fraction of sp³-hybridized carbons (Fsp3) is 0.529. The van der Waals surface area contributed by atoms with Gasteiger partial charge in [-0.3, -0.25) is 4.79 Å². The van der Waals surface area contributed by atoms with Crippen LogP contribution in [0.25, 0.3) is 0 Å². The molecule has 1 aromatic carbocycles. The number of benzene rings is 1. The van der Waals surface area contributed by atoms with Gasteiger partial charge in [0.2, 0.25) is 5.91 Å². The normalized spacial score (nSPS) is 22.0. The van der Waals surface area contributed by atoms with E-state index in [1.54, 1.807) is 0 Å². The minimum Gasteiger partial charge on any atom is -0.550 e. The molecule has 0 aromatic heterocycles. The summed E-state index contributed by atoms with van der Waals surface area (Å²) in [4.78, 5) is 23.4. The van der Waals surface area contributed by atoms with Crippen molar-refractivity contribution in [2.24, 2.45) is 11.8 Å². The van der Waals surface area contributed by atoms with Crippen LogP contribution in [-0.4, -0.2) is 11.9 Å². The van der Waals surface area contributed by atoms with Gasteiger partial charge in [-0.2, -0.15) is 0 Å². The van der Waals surface area contributed by atoms with Crippen molar-refractivity contribution in [2.45, 2.75) is 45.4 Å². The van der Waals surface area contributed by atoms with Crippen LogP contribution in [0.2, 0.25) is 0 Å². The summed E-state index contributed by atoms with van der Waals surface area (Å²) in [5.74, 6) is -2.01. The third kappa shape index (κ3) is 3.84. The average molecular weight is 288 g/mol. The summed E-state index contributed by atoms with van der Waals surface area (Å²) in [5.41, 5.74) is 1.92. The molecule has 1 saturated carbocycles. The molecule has 0 heterocycles. The second-order valence-corrected chi connectivity index (χ2v) is 6.08. The molecule has 0 saturated heterocycles. The zero-order chi connectivity index (χ0) is 15.4. The summed E-state index contributed by atoms with van der Waals surface area (Å²) < 4.78 is 0. The van der Waals surface area contributed by atoms with Crippen LogP contribution in [0.5, 0.6) is 0 Å². The molecule has 1 N–H and O–H groups in total. The molecular formula is C17H22NO3-. The minimum atomic E-state index is -1.11. The number of nitrogens with one attached hydrogen (secondary N) is 1.